The minimum absolute atomic E-state index is 0.0379. The highest BCUT2D eigenvalue weighted by Crippen LogP contribution is 2.38. The molecule has 0 saturated carbocycles. The van der Waals surface area contributed by atoms with E-state index in [0.29, 0.717) is 9.35 Å². The van der Waals surface area contributed by atoms with Crippen LogP contribution in [0.25, 0.3) is 5.57 Å². The van der Waals surface area contributed by atoms with Crippen LogP contribution in [0.5, 0.6) is 0 Å². The zero-order chi connectivity index (χ0) is 18.2. The van der Waals surface area contributed by atoms with Gasteiger partial charge in [0.05, 0.1) is 19.8 Å². The lowest BCUT2D eigenvalue weighted by atomic mass is 10.0. The topological polar surface area (TPSA) is 17.1 Å². The van der Waals surface area contributed by atoms with Crippen molar-refractivity contribution in [2.24, 2.45) is 0 Å². The van der Waals surface area contributed by atoms with Crippen LogP contribution in [-0.2, 0) is 0 Å². The number of thiophene rings is 1. The second-order valence-corrected chi connectivity index (χ2v) is 7.10. The van der Waals surface area contributed by atoms with Crippen molar-refractivity contribution in [3.05, 3.63) is 61.5 Å². The summed E-state index contributed by atoms with van der Waals surface area (Å²) in [7, 11) is 0. The van der Waals surface area contributed by atoms with Crippen LogP contribution < -0.4 is 0 Å². The predicted molar refractivity (Wildman–Crippen MR) is 81.4 cm³/mol. The molecule has 24 heavy (non-hydrogen) atoms. The van der Waals surface area contributed by atoms with Crippen molar-refractivity contribution in [2.45, 2.75) is 13.1 Å². The molecule has 0 aliphatic rings. The maximum absolute atomic E-state index is 13.7. The molecule has 0 aliphatic carbocycles. The quantitative estimate of drug-likeness (QED) is 0.329. The van der Waals surface area contributed by atoms with Gasteiger partial charge in [-0.3, -0.25) is 4.79 Å². The smallest absolute Gasteiger partial charge is 0.288 e. The molecule has 0 radical (unpaired) electrons. The van der Waals surface area contributed by atoms with Crippen molar-refractivity contribution in [2.75, 3.05) is 0 Å². The van der Waals surface area contributed by atoms with Gasteiger partial charge in [-0.2, -0.15) is 13.2 Å². The van der Waals surface area contributed by atoms with Crippen LogP contribution in [0.3, 0.4) is 0 Å². The molecular formula is C15H7BrF6OS. The number of ketones is 1. The molecule has 2 aromatic rings. The van der Waals surface area contributed by atoms with Crippen LogP contribution in [0.1, 0.15) is 20.8 Å². The van der Waals surface area contributed by atoms with Crippen molar-refractivity contribution in [1.82, 2.24) is 0 Å². The number of carbonyl (C=O) groups is 1. The van der Waals surface area contributed by atoms with Crippen molar-refractivity contribution < 1.29 is 31.1 Å². The molecule has 0 atom stereocenters. The average molecular weight is 429 g/mol. The zero-order valence-corrected chi connectivity index (χ0v) is 14.2. The zero-order valence-electron chi connectivity index (χ0n) is 11.8. The lowest BCUT2D eigenvalue weighted by Crippen LogP contribution is -2.15. The summed E-state index contributed by atoms with van der Waals surface area (Å²) in [5.74, 6) is -5.91. The van der Waals surface area contributed by atoms with Gasteiger partial charge in [0.2, 0.25) is 0 Å². The Labute approximate surface area is 144 Å². The van der Waals surface area contributed by atoms with Gasteiger partial charge in [-0.1, -0.05) is 0 Å². The predicted octanol–water partition coefficient (Wildman–Crippen LogP) is 6.06. The van der Waals surface area contributed by atoms with Crippen LogP contribution >= 0.6 is 27.3 Å². The molecule has 9 heteroatoms. The highest BCUT2D eigenvalue weighted by Gasteiger charge is 2.39. The number of halogens is 7. The first-order chi connectivity index (χ1) is 11.0. The molecule has 0 amide bonds. The Bertz CT molecular complexity index is 794. The molecule has 0 bridgehead atoms. The van der Waals surface area contributed by atoms with Gasteiger partial charge in [-0.05, 0) is 40.6 Å². The molecule has 1 aromatic heterocycles. The standard InChI is InChI=1S/C15H7BrF6OS/c1-6-2-12(24-14(6)16)11(23)5-8(15(20,21)22)13-9(18)3-7(17)4-10(13)19/h2-5H,1H3. The fourth-order valence-corrected chi connectivity index (χ4v) is 3.32. The highest BCUT2D eigenvalue weighted by atomic mass is 79.9. The van der Waals surface area contributed by atoms with Gasteiger partial charge in [-0.25, -0.2) is 13.2 Å². The fraction of sp³-hybridized carbons (Fsp3) is 0.133. The normalized spacial score (nSPS) is 12.6. The highest BCUT2D eigenvalue weighted by molar-refractivity contribution is 9.11. The van der Waals surface area contributed by atoms with Gasteiger partial charge in [0, 0.05) is 12.1 Å². The molecule has 1 aromatic carbocycles. The van der Waals surface area contributed by atoms with Crippen LogP contribution in [0.2, 0.25) is 0 Å². The third kappa shape index (κ3) is 3.89. The van der Waals surface area contributed by atoms with E-state index in [1.54, 1.807) is 6.92 Å². The molecule has 0 aliphatic heterocycles. The molecule has 1 heterocycles. The van der Waals surface area contributed by atoms with E-state index in [2.05, 4.69) is 15.9 Å². The Morgan fingerprint density at radius 3 is 2.08 bits per heavy atom. The minimum atomic E-state index is -5.21. The summed E-state index contributed by atoms with van der Waals surface area (Å²) in [4.78, 5) is 12.0. The third-order valence-corrected chi connectivity index (χ3v) is 5.11. The Kier molecular flexibility index (Phi) is 5.24. The molecule has 1 nitrogen and oxygen atoms in total. The van der Waals surface area contributed by atoms with Crippen molar-refractivity contribution >= 4 is 38.6 Å². The summed E-state index contributed by atoms with van der Waals surface area (Å²) < 4.78 is 80.3. The monoisotopic (exact) mass is 428 g/mol. The molecular weight excluding hydrogens is 422 g/mol. The van der Waals surface area contributed by atoms with E-state index in [-0.39, 0.29) is 23.1 Å². The van der Waals surface area contributed by atoms with Crippen LogP contribution in [0.4, 0.5) is 26.3 Å². The first-order valence-corrected chi connectivity index (χ1v) is 7.85. The molecule has 0 N–H and O–H groups in total. The molecule has 0 spiro atoms. The number of hydrogen-bond acceptors (Lipinski definition) is 2. The molecule has 0 unspecified atom stereocenters. The Morgan fingerprint density at radius 2 is 1.67 bits per heavy atom. The maximum atomic E-state index is 13.7. The van der Waals surface area contributed by atoms with E-state index < -0.39 is 40.5 Å². The number of alkyl halides is 3. The summed E-state index contributed by atoms with van der Waals surface area (Å²) in [5, 5.41) is 0. The maximum Gasteiger partial charge on any atom is 0.417 e. The van der Waals surface area contributed by atoms with E-state index in [9.17, 15) is 31.1 Å². The van der Waals surface area contributed by atoms with E-state index in [1.807, 2.05) is 0 Å². The molecule has 128 valence electrons. The SMILES string of the molecule is Cc1cc(C(=O)C=C(c2c(F)cc(F)cc2F)C(F)(F)F)sc1Br. The summed E-state index contributed by atoms with van der Waals surface area (Å²) in [6.07, 6.45) is -5.10. The van der Waals surface area contributed by atoms with Gasteiger partial charge >= 0.3 is 6.18 Å². The number of benzene rings is 1. The van der Waals surface area contributed by atoms with Gasteiger partial charge in [0.25, 0.3) is 0 Å². The lowest BCUT2D eigenvalue weighted by Gasteiger charge is -2.13. The van der Waals surface area contributed by atoms with Gasteiger partial charge in [0.1, 0.15) is 17.5 Å². The van der Waals surface area contributed by atoms with Gasteiger partial charge in [-0.15, -0.1) is 11.3 Å². The first kappa shape index (κ1) is 18.7. The van der Waals surface area contributed by atoms with Gasteiger partial charge < -0.3 is 0 Å². The Morgan fingerprint density at radius 1 is 1.12 bits per heavy atom. The molecule has 0 saturated heterocycles. The minimum Gasteiger partial charge on any atom is -0.288 e. The Hall–Kier alpha value is -1.61. The van der Waals surface area contributed by atoms with E-state index in [0.717, 1.165) is 11.3 Å². The van der Waals surface area contributed by atoms with Gasteiger partial charge in [0.15, 0.2) is 5.78 Å². The van der Waals surface area contributed by atoms with Crippen molar-refractivity contribution in [3.8, 4) is 0 Å². The number of aryl methyl sites for hydroxylation is 1. The van der Waals surface area contributed by atoms with Crippen LogP contribution in [0.15, 0.2) is 28.1 Å². The second kappa shape index (κ2) is 6.72. The van der Waals surface area contributed by atoms with E-state index >= 15 is 0 Å². The van der Waals surface area contributed by atoms with Crippen molar-refractivity contribution in [1.29, 1.82) is 0 Å². The number of hydrogen-bond donors (Lipinski definition) is 0. The van der Waals surface area contributed by atoms with Crippen LogP contribution in [0, 0.1) is 24.4 Å². The third-order valence-electron chi connectivity index (χ3n) is 2.96. The molecule has 0 fully saturated rings. The largest absolute Gasteiger partial charge is 0.417 e. The summed E-state index contributed by atoms with van der Waals surface area (Å²) in [6, 6.07) is 1.58. The summed E-state index contributed by atoms with van der Waals surface area (Å²) in [6.45, 7) is 1.63. The Balaban J connectivity index is 2.60. The lowest BCUT2D eigenvalue weighted by molar-refractivity contribution is -0.0694. The number of allylic oxidation sites excluding steroid dienone is 2. The summed E-state index contributed by atoms with van der Waals surface area (Å²) >= 11 is 4.02. The first-order valence-electron chi connectivity index (χ1n) is 6.24. The fourth-order valence-electron chi connectivity index (χ4n) is 1.88. The number of rotatable bonds is 3. The molecule has 2 rings (SSSR count). The van der Waals surface area contributed by atoms with E-state index in [1.165, 1.54) is 6.07 Å². The second-order valence-electron chi connectivity index (χ2n) is 4.73. The average Bonchev–Trinajstić information content (AvgIpc) is 2.75. The number of carbonyl (C=O) groups excluding carboxylic acids is 1. The van der Waals surface area contributed by atoms with Crippen molar-refractivity contribution in [3.63, 3.8) is 0 Å². The summed E-state index contributed by atoms with van der Waals surface area (Å²) in [5.41, 5.74) is -2.68. The van der Waals surface area contributed by atoms with E-state index in [4.69, 9.17) is 0 Å². The van der Waals surface area contributed by atoms with Crippen LogP contribution in [-0.4, -0.2) is 12.0 Å².